The van der Waals surface area contributed by atoms with Gasteiger partial charge in [0.1, 0.15) is 0 Å². The SMILES string of the molecule is C[N+](CCN)(CCc1ccccc1)C(=O)c1ccccc1.[Cl-]. The van der Waals surface area contributed by atoms with E-state index >= 15 is 0 Å². The highest BCUT2D eigenvalue weighted by molar-refractivity contribution is 5.88. The molecule has 0 heterocycles. The summed E-state index contributed by atoms with van der Waals surface area (Å²) in [6.07, 6.45) is 0.871. The quantitative estimate of drug-likeness (QED) is 0.728. The fourth-order valence-electron chi connectivity index (χ4n) is 2.51. The summed E-state index contributed by atoms with van der Waals surface area (Å²) in [6.45, 7) is 1.92. The highest BCUT2D eigenvalue weighted by Crippen LogP contribution is 2.13. The minimum absolute atomic E-state index is 0. The maximum Gasteiger partial charge on any atom is 0.345 e. The maximum absolute atomic E-state index is 12.8. The minimum Gasteiger partial charge on any atom is -1.00 e. The molecular weight excluding hydrogens is 296 g/mol. The Bertz CT molecular complexity index is 574. The molecule has 22 heavy (non-hydrogen) atoms. The lowest BCUT2D eigenvalue weighted by molar-refractivity contribution is -0.827. The summed E-state index contributed by atoms with van der Waals surface area (Å²) in [5.74, 6) is 0.136. The Morgan fingerprint density at radius 2 is 1.50 bits per heavy atom. The molecule has 0 aliphatic carbocycles. The van der Waals surface area contributed by atoms with E-state index in [1.807, 2.05) is 55.6 Å². The first kappa shape index (κ1) is 18.4. The van der Waals surface area contributed by atoms with Crippen molar-refractivity contribution in [2.24, 2.45) is 5.73 Å². The van der Waals surface area contributed by atoms with E-state index in [-0.39, 0.29) is 18.3 Å². The molecule has 0 bridgehead atoms. The van der Waals surface area contributed by atoms with Crippen molar-refractivity contribution in [3.05, 3.63) is 71.8 Å². The Morgan fingerprint density at radius 1 is 0.955 bits per heavy atom. The third-order valence-corrected chi connectivity index (χ3v) is 3.87. The number of amides is 1. The van der Waals surface area contributed by atoms with Crippen LogP contribution in [0.3, 0.4) is 0 Å². The third kappa shape index (κ3) is 4.67. The lowest BCUT2D eigenvalue weighted by atomic mass is 10.1. The lowest BCUT2D eigenvalue weighted by Crippen LogP contribution is -3.00. The first-order valence-electron chi connectivity index (χ1n) is 7.34. The second-order valence-corrected chi connectivity index (χ2v) is 5.54. The molecule has 0 aliphatic rings. The molecule has 3 nitrogen and oxygen atoms in total. The van der Waals surface area contributed by atoms with Crippen molar-refractivity contribution in [2.45, 2.75) is 6.42 Å². The molecule has 1 amide bonds. The fourth-order valence-corrected chi connectivity index (χ4v) is 2.51. The van der Waals surface area contributed by atoms with Gasteiger partial charge in [-0.15, -0.1) is 0 Å². The van der Waals surface area contributed by atoms with E-state index in [9.17, 15) is 4.79 Å². The molecule has 2 N–H and O–H groups in total. The second-order valence-electron chi connectivity index (χ2n) is 5.54. The zero-order valence-electron chi connectivity index (χ0n) is 12.9. The number of carbonyl (C=O) groups excluding carboxylic acids is 1. The molecule has 2 aromatic rings. The van der Waals surface area contributed by atoms with E-state index in [2.05, 4.69) is 12.1 Å². The number of halogens is 1. The molecule has 0 saturated heterocycles. The summed E-state index contributed by atoms with van der Waals surface area (Å²) in [6, 6.07) is 19.7. The molecule has 118 valence electrons. The van der Waals surface area contributed by atoms with Crippen LogP contribution in [-0.2, 0) is 6.42 Å². The normalized spacial score (nSPS) is 13.0. The van der Waals surface area contributed by atoms with E-state index in [4.69, 9.17) is 5.73 Å². The van der Waals surface area contributed by atoms with Crippen molar-refractivity contribution in [2.75, 3.05) is 26.7 Å². The van der Waals surface area contributed by atoms with Crippen molar-refractivity contribution in [1.82, 2.24) is 0 Å². The van der Waals surface area contributed by atoms with Gasteiger partial charge >= 0.3 is 5.91 Å². The zero-order valence-corrected chi connectivity index (χ0v) is 13.7. The van der Waals surface area contributed by atoms with Crippen LogP contribution in [0.5, 0.6) is 0 Å². The lowest BCUT2D eigenvalue weighted by Gasteiger charge is -2.31. The smallest absolute Gasteiger partial charge is 0.345 e. The Kier molecular flexibility index (Phi) is 7.25. The van der Waals surface area contributed by atoms with Crippen LogP contribution in [-0.4, -0.2) is 37.1 Å². The zero-order chi connectivity index (χ0) is 15.1. The number of rotatable bonds is 6. The molecule has 0 saturated carbocycles. The predicted octanol–water partition coefficient (Wildman–Crippen LogP) is -0.521. The first-order chi connectivity index (χ1) is 10.2. The first-order valence-corrected chi connectivity index (χ1v) is 7.34. The van der Waals surface area contributed by atoms with Gasteiger partial charge in [0.05, 0.1) is 25.7 Å². The number of benzene rings is 2. The number of carbonyl (C=O) groups is 1. The van der Waals surface area contributed by atoms with Gasteiger partial charge in [0.2, 0.25) is 0 Å². The van der Waals surface area contributed by atoms with Gasteiger partial charge in [-0.3, -0.25) is 4.48 Å². The third-order valence-electron chi connectivity index (χ3n) is 3.87. The topological polar surface area (TPSA) is 43.1 Å². The molecule has 0 aliphatic heterocycles. The molecule has 0 radical (unpaired) electrons. The van der Waals surface area contributed by atoms with E-state index in [1.54, 1.807) is 0 Å². The van der Waals surface area contributed by atoms with Crippen LogP contribution in [0.1, 0.15) is 15.9 Å². The average Bonchev–Trinajstić information content (AvgIpc) is 2.54. The molecule has 1 atom stereocenters. The van der Waals surface area contributed by atoms with E-state index in [0.29, 0.717) is 17.6 Å². The number of hydrogen-bond donors (Lipinski definition) is 1. The van der Waals surface area contributed by atoms with Crippen LogP contribution in [0.4, 0.5) is 0 Å². The van der Waals surface area contributed by atoms with E-state index in [1.165, 1.54) is 5.56 Å². The highest BCUT2D eigenvalue weighted by atomic mass is 35.5. The molecule has 2 rings (SSSR count). The van der Waals surface area contributed by atoms with Crippen LogP contribution in [0, 0.1) is 0 Å². The average molecular weight is 319 g/mol. The van der Waals surface area contributed by atoms with Crippen LogP contribution in [0.25, 0.3) is 0 Å². The summed E-state index contributed by atoms with van der Waals surface area (Å²) in [7, 11) is 1.98. The second kappa shape index (κ2) is 8.69. The molecule has 0 fully saturated rings. The molecular formula is C18H23ClN2O. The number of hydrogen-bond acceptors (Lipinski definition) is 2. The number of nitrogens with zero attached hydrogens (tertiary/aromatic N) is 1. The Morgan fingerprint density at radius 3 is 2.05 bits per heavy atom. The largest absolute Gasteiger partial charge is 1.00 e. The monoisotopic (exact) mass is 318 g/mol. The predicted molar refractivity (Wildman–Crippen MR) is 85.9 cm³/mol. The summed E-state index contributed by atoms with van der Waals surface area (Å²) in [5.41, 5.74) is 7.73. The van der Waals surface area contributed by atoms with Crippen LogP contribution in [0.15, 0.2) is 60.7 Å². The van der Waals surface area contributed by atoms with Crippen LogP contribution in [0.2, 0.25) is 0 Å². The van der Waals surface area contributed by atoms with Gasteiger partial charge in [-0.25, -0.2) is 4.79 Å². The molecule has 4 heteroatoms. The number of nitrogens with two attached hydrogens (primary N) is 1. The Labute approximate surface area is 138 Å². The summed E-state index contributed by atoms with van der Waals surface area (Å²) in [4.78, 5) is 12.8. The Hall–Kier alpha value is -1.68. The number of quaternary nitrogens is 1. The van der Waals surface area contributed by atoms with Gasteiger partial charge < -0.3 is 18.1 Å². The molecule has 1 unspecified atom stereocenters. The van der Waals surface area contributed by atoms with Gasteiger partial charge in [0, 0.05) is 13.0 Å². The van der Waals surface area contributed by atoms with Crippen molar-refractivity contribution < 1.29 is 21.7 Å². The number of likely N-dealkylation sites (N-methyl/N-ethyl adjacent to an activating group) is 1. The molecule has 2 aromatic carbocycles. The van der Waals surface area contributed by atoms with Crippen molar-refractivity contribution in [3.8, 4) is 0 Å². The Balaban J connectivity index is 0.00000242. The van der Waals surface area contributed by atoms with E-state index in [0.717, 1.165) is 18.5 Å². The van der Waals surface area contributed by atoms with E-state index < -0.39 is 0 Å². The van der Waals surface area contributed by atoms with Gasteiger partial charge in [0.25, 0.3) is 0 Å². The van der Waals surface area contributed by atoms with Crippen LogP contribution < -0.4 is 18.1 Å². The van der Waals surface area contributed by atoms with Crippen molar-refractivity contribution in [3.63, 3.8) is 0 Å². The van der Waals surface area contributed by atoms with Gasteiger partial charge in [-0.05, 0) is 17.7 Å². The summed E-state index contributed by atoms with van der Waals surface area (Å²) in [5, 5.41) is 0. The van der Waals surface area contributed by atoms with Crippen LogP contribution >= 0.6 is 0 Å². The van der Waals surface area contributed by atoms with Crippen molar-refractivity contribution >= 4 is 5.91 Å². The van der Waals surface area contributed by atoms with Crippen molar-refractivity contribution in [1.29, 1.82) is 0 Å². The maximum atomic E-state index is 12.8. The summed E-state index contributed by atoms with van der Waals surface area (Å²) < 4.78 is 0.343. The molecule has 0 aromatic heterocycles. The summed E-state index contributed by atoms with van der Waals surface area (Å²) >= 11 is 0. The van der Waals surface area contributed by atoms with Gasteiger partial charge in [-0.1, -0.05) is 48.5 Å². The highest BCUT2D eigenvalue weighted by Gasteiger charge is 2.31. The van der Waals surface area contributed by atoms with Gasteiger partial charge in [0.15, 0.2) is 0 Å². The standard InChI is InChI=1S/C18H23N2O.ClH/c1-20(15-13-19,14-12-16-8-4-2-5-9-16)18(21)17-10-6-3-7-11-17;/h2-11H,12-15,19H2,1H3;1H/q+1;/p-1. The molecule has 0 spiro atoms. The fraction of sp³-hybridized carbons (Fsp3) is 0.278. The van der Waals surface area contributed by atoms with Gasteiger partial charge in [-0.2, -0.15) is 0 Å². The minimum atomic E-state index is 0.